The van der Waals surface area contributed by atoms with E-state index in [4.69, 9.17) is 9.47 Å². The fraction of sp³-hybridized carbons (Fsp3) is 0.375. The van der Waals surface area contributed by atoms with Crippen molar-refractivity contribution >= 4 is 29.1 Å². The first-order chi connectivity index (χ1) is 15.6. The van der Waals surface area contributed by atoms with Gasteiger partial charge in [0.25, 0.3) is 0 Å². The van der Waals surface area contributed by atoms with Crippen LogP contribution in [0.15, 0.2) is 42.5 Å². The van der Waals surface area contributed by atoms with Gasteiger partial charge in [0.15, 0.2) is 11.5 Å². The van der Waals surface area contributed by atoms with Crippen molar-refractivity contribution in [2.24, 2.45) is 5.92 Å². The fourth-order valence-corrected chi connectivity index (χ4v) is 4.42. The number of hydrogen-bond donors (Lipinski definition) is 1. The van der Waals surface area contributed by atoms with Gasteiger partial charge in [-0.3, -0.25) is 14.4 Å². The van der Waals surface area contributed by atoms with Crippen molar-refractivity contribution in [1.29, 1.82) is 0 Å². The highest BCUT2D eigenvalue weighted by molar-refractivity contribution is 6.03. The number of benzene rings is 2. The molecule has 5 rings (SSSR count). The SMILES string of the molecule is O=C(Nc1cccc(CN2CCCC2=O)c1)C1CC(=O)N(c2ccc3c(c2)OCCO3)C1. The third-order valence-corrected chi connectivity index (χ3v) is 6.07. The lowest BCUT2D eigenvalue weighted by molar-refractivity contribution is -0.128. The van der Waals surface area contributed by atoms with E-state index in [0.717, 1.165) is 18.5 Å². The van der Waals surface area contributed by atoms with Crippen LogP contribution in [0.5, 0.6) is 11.5 Å². The van der Waals surface area contributed by atoms with Gasteiger partial charge in [0, 0.05) is 49.9 Å². The number of nitrogens with zero attached hydrogens (tertiary/aromatic N) is 2. The molecule has 2 saturated heterocycles. The zero-order valence-corrected chi connectivity index (χ0v) is 17.7. The molecule has 2 fully saturated rings. The largest absolute Gasteiger partial charge is 0.486 e. The molecule has 8 nitrogen and oxygen atoms in total. The van der Waals surface area contributed by atoms with Crippen molar-refractivity contribution in [3.63, 3.8) is 0 Å². The monoisotopic (exact) mass is 435 g/mol. The molecule has 8 heteroatoms. The molecule has 0 bridgehead atoms. The summed E-state index contributed by atoms with van der Waals surface area (Å²) in [5.41, 5.74) is 2.34. The number of anilines is 2. The van der Waals surface area contributed by atoms with E-state index in [2.05, 4.69) is 5.32 Å². The zero-order valence-electron chi connectivity index (χ0n) is 17.7. The Morgan fingerprint density at radius 2 is 1.88 bits per heavy atom. The maximum atomic E-state index is 12.9. The first-order valence-corrected chi connectivity index (χ1v) is 10.9. The Labute approximate surface area is 186 Å². The van der Waals surface area contributed by atoms with Crippen LogP contribution in [-0.4, -0.2) is 48.9 Å². The molecule has 1 N–H and O–H groups in total. The van der Waals surface area contributed by atoms with E-state index in [1.54, 1.807) is 17.0 Å². The molecule has 2 aromatic rings. The second kappa shape index (κ2) is 8.53. The van der Waals surface area contributed by atoms with Crippen molar-refractivity contribution in [3.8, 4) is 11.5 Å². The molecular formula is C24H25N3O5. The van der Waals surface area contributed by atoms with Crippen LogP contribution in [0.4, 0.5) is 11.4 Å². The summed E-state index contributed by atoms with van der Waals surface area (Å²) < 4.78 is 11.1. The van der Waals surface area contributed by atoms with Crippen LogP contribution < -0.4 is 19.7 Å². The first-order valence-electron chi connectivity index (χ1n) is 10.9. The molecule has 1 atom stereocenters. The Hall–Kier alpha value is -3.55. The van der Waals surface area contributed by atoms with Crippen LogP contribution in [0.1, 0.15) is 24.8 Å². The highest BCUT2D eigenvalue weighted by atomic mass is 16.6. The summed E-state index contributed by atoms with van der Waals surface area (Å²) in [6.07, 6.45) is 1.65. The van der Waals surface area contributed by atoms with Crippen molar-refractivity contribution < 1.29 is 23.9 Å². The van der Waals surface area contributed by atoms with Gasteiger partial charge in [-0.15, -0.1) is 0 Å². The molecule has 166 valence electrons. The number of ether oxygens (including phenoxy) is 2. The lowest BCUT2D eigenvalue weighted by Crippen LogP contribution is -2.28. The number of rotatable bonds is 5. The van der Waals surface area contributed by atoms with Gasteiger partial charge in [0.2, 0.25) is 17.7 Å². The Morgan fingerprint density at radius 1 is 1.03 bits per heavy atom. The lowest BCUT2D eigenvalue weighted by atomic mass is 10.1. The zero-order chi connectivity index (χ0) is 22.1. The van der Waals surface area contributed by atoms with Crippen LogP contribution in [0.2, 0.25) is 0 Å². The maximum absolute atomic E-state index is 12.9. The Kier molecular flexibility index (Phi) is 5.43. The molecule has 3 aliphatic heterocycles. The van der Waals surface area contributed by atoms with Crippen molar-refractivity contribution in [2.75, 3.05) is 36.5 Å². The number of nitrogens with one attached hydrogen (secondary N) is 1. The molecule has 32 heavy (non-hydrogen) atoms. The number of amides is 3. The number of hydrogen-bond acceptors (Lipinski definition) is 5. The number of carbonyl (C=O) groups is 3. The fourth-order valence-electron chi connectivity index (χ4n) is 4.42. The average Bonchev–Trinajstić information content (AvgIpc) is 3.39. The van der Waals surface area contributed by atoms with Crippen LogP contribution in [0.3, 0.4) is 0 Å². The summed E-state index contributed by atoms with van der Waals surface area (Å²) >= 11 is 0. The normalized spacial score (nSPS) is 20.1. The lowest BCUT2D eigenvalue weighted by Gasteiger charge is -2.22. The Balaban J connectivity index is 1.23. The van der Waals surface area contributed by atoms with Crippen molar-refractivity contribution in [2.45, 2.75) is 25.8 Å². The van der Waals surface area contributed by atoms with E-state index in [9.17, 15) is 14.4 Å². The Bertz CT molecular complexity index is 1070. The van der Waals surface area contributed by atoms with E-state index < -0.39 is 5.92 Å². The van der Waals surface area contributed by atoms with Crippen LogP contribution in [0.25, 0.3) is 0 Å². The highest BCUT2D eigenvalue weighted by Gasteiger charge is 2.35. The van der Waals surface area contributed by atoms with Crippen LogP contribution in [-0.2, 0) is 20.9 Å². The summed E-state index contributed by atoms with van der Waals surface area (Å²) in [5, 5.41) is 2.94. The molecule has 0 radical (unpaired) electrons. The van der Waals surface area contributed by atoms with Crippen LogP contribution in [0, 0.1) is 5.92 Å². The van der Waals surface area contributed by atoms with Gasteiger partial charge in [-0.1, -0.05) is 12.1 Å². The summed E-state index contributed by atoms with van der Waals surface area (Å²) in [6.45, 7) is 2.61. The second-order valence-corrected chi connectivity index (χ2v) is 8.34. The second-order valence-electron chi connectivity index (χ2n) is 8.34. The average molecular weight is 435 g/mol. The molecule has 3 amide bonds. The van der Waals surface area contributed by atoms with Gasteiger partial charge < -0.3 is 24.6 Å². The van der Waals surface area contributed by atoms with Gasteiger partial charge in [0.1, 0.15) is 13.2 Å². The molecule has 1 unspecified atom stereocenters. The quantitative estimate of drug-likeness (QED) is 0.780. The highest BCUT2D eigenvalue weighted by Crippen LogP contribution is 2.36. The molecular weight excluding hydrogens is 410 g/mol. The molecule has 0 spiro atoms. The molecule has 0 saturated carbocycles. The summed E-state index contributed by atoms with van der Waals surface area (Å²) in [4.78, 5) is 40.8. The summed E-state index contributed by atoms with van der Waals surface area (Å²) in [7, 11) is 0. The van der Waals surface area contributed by atoms with Gasteiger partial charge in [-0.25, -0.2) is 0 Å². The van der Waals surface area contributed by atoms with Gasteiger partial charge in [-0.2, -0.15) is 0 Å². The van der Waals surface area contributed by atoms with Gasteiger partial charge >= 0.3 is 0 Å². The van der Waals surface area contributed by atoms with E-state index in [-0.39, 0.29) is 24.1 Å². The van der Waals surface area contributed by atoms with E-state index >= 15 is 0 Å². The third-order valence-electron chi connectivity index (χ3n) is 6.07. The number of carbonyl (C=O) groups excluding carboxylic acids is 3. The predicted octanol–water partition coefficient (Wildman–Crippen LogP) is 2.57. The molecule has 3 aliphatic rings. The summed E-state index contributed by atoms with van der Waals surface area (Å²) in [6, 6.07) is 12.9. The number of likely N-dealkylation sites (tertiary alicyclic amines) is 1. The topological polar surface area (TPSA) is 88.2 Å². The smallest absolute Gasteiger partial charge is 0.229 e. The molecule has 2 aromatic carbocycles. The predicted molar refractivity (Wildman–Crippen MR) is 118 cm³/mol. The Morgan fingerprint density at radius 3 is 2.69 bits per heavy atom. The number of fused-ring (bicyclic) bond motifs is 1. The van der Waals surface area contributed by atoms with E-state index in [1.165, 1.54) is 0 Å². The standard InChI is InChI=1S/C24H25N3O5/c28-22-5-2-8-26(22)14-16-3-1-4-18(11-16)25-24(30)17-12-23(29)27(15-17)19-6-7-20-21(13-19)32-10-9-31-20/h1,3-4,6-7,11,13,17H,2,5,8-10,12,14-15H2,(H,25,30). The minimum atomic E-state index is -0.445. The molecule has 3 heterocycles. The van der Waals surface area contributed by atoms with E-state index in [0.29, 0.717) is 55.6 Å². The first kappa shape index (κ1) is 20.4. The van der Waals surface area contributed by atoms with Crippen molar-refractivity contribution in [1.82, 2.24) is 4.90 Å². The molecule has 0 aliphatic carbocycles. The van der Waals surface area contributed by atoms with Gasteiger partial charge in [-0.05, 0) is 36.2 Å². The van der Waals surface area contributed by atoms with E-state index in [1.807, 2.05) is 35.2 Å². The third kappa shape index (κ3) is 4.12. The minimum Gasteiger partial charge on any atom is -0.486 e. The maximum Gasteiger partial charge on any atom is 0.229 e. The minimum absolute atomic E-state index is 0.0943. The van der Waals surface area contributed by atoms with Crippen LogP contribution >= 0.6 is 0 Å². The van der Waals surface area contributed by atoms with Gasteiger partial charge in [0.05, 0.1) is 5.92 Å². The molecule has 0 aromatic heterocycles. The van der Waals surface area contributed by atoms with Crippen molar-refractivity contribution in [3.05, 3.63) is 48.0 Å². The summed E-state index contributed by atoms with van der Waals surface area (Å²) in [5.74, 6) is 0.720.